The molecule has 1 saturated carbocycles. The number of methoxy groups -OCH3 is 1. The molecule has 14 heteroatoms. The van der Waals surface area contributed by atoms with Crippen LogP contribution in [0.3, 0.4) is 0 Å². The summed E-state index contributed by atoms with van der Waals surface area (Å²) < 4.78 is 79.8. The van der Waals surface area contributed by atoms with Crippen molar-refractivity contribution in [1.29, 1.82) is 0 Å². The number of hydrogen-bond donors (Lipinski definition) is 4. The molecule has 0 aromatic heterocycles. The first-order valence-corrected chi connectivity index (χ1v) is 13.6. The molecule has 0 radical (unpaired) electrons. The third-order valence-corrected chi connectivity index (χ3v) is 8.68. The number of carboxylic acid groups (broad SMARTS) is 1. The second-order valence-electron chi connectivity index (χ2n) is 9.61. The second-order valence-corrected chi connectivity index (χ2v) is 11.3. The van der Waals surface area contributed by atoms with E-state index in [0.29, 0.717) is 5.69 Å². The van der Waals surface area contributed by atoms with E-state index < -0.39 is 38.3 Å². The topological polar surface area (TPSA) is 134 Å². The summed E-state index contributed by atoms with van der Waals surface area (Å²) in [6.45, 7) is 1.73. The van der Waals surface area contributed by atoms with Crippen LogP contribution in [0.4, 0.5) is 28.9 Å². The van der Waals surface area contributed by atoms with Crippen molar-refractivity contribution in [2.45, 2.75) is 54.5 Å². The van der Waals surface area contributed by atoms with Crippen molar-refractivity contribution >= 4 is 33.3 Å². The summed E-state index contributed by atoms with van der Waals surface area (Å²) >= 11 is 0. The fourth-order valence-electron chi connectivity index (χ4n) is 5.11. The van der Waals surface area contributed by atoms with Gasteiger partial charge in [-0.25, -0.2) is 17.6 Å². The summed E-state index contributed by atoms with van der Waals surface area (Å²) in [5, 5.41) is 13.6. The molecule has 0 atom stereocenters. The first-order chi connectivity index (χ1) is 18.3. The molecule has 1 aliphatic carbocycles. The number of aliphatic carboxylic acids is 1. The standard InChI is InChI=1S/C23H26FN3O4S.C2HF3O2/c1-31-16-3-4-20(19(24)13-16)32(29,30)27-15-11-17(14-5-9-25-10-6-14)21-18(12-15)23(7-2-8-23)22(28)26-21;3-2(4,5)1(6)7/h3-4,11-14,25,27H,2,5-10H2,1H3,(H,26,28);(H,6,7). The molecular weight excluding hydrogens is 546 g/mol. The lowest BCUT2D eigenvalue weighted by atomic mass is 9.65. The van der Waals surface area contributed by atoms with Crippen molar-refractivity contribution in [2.24, 2.45) is 0 Å². The molecule has 2 aromatic rings. The van der Waals surface area contributed by atoms with Crippen molar-refractivity contribution in [1.82, 2.24) is 5.32 Å². The maximum absolute atomic E-state index is 14.5. The number of rotatable bonds is 5. The van der Waals surface area contributed by atoms with Crippen molar-refractivity contribution in [2.75, 3.05) is 30.2 Å². The Morgan fingerprint density at radius 3 is 2.31 bits per heavy atom. The average Bonchev–Trinajstić information content (AvgIpc) is 3.15. The van der Waals surface area contributed by atoms with Crippen LogP contribution in [0.15, 0.2) is 35.2 Å². The van der Waals surface area contributed by atoms with E-state index in [9.17, 15) is 30.8 Å². The second kappa shape index (κ2) is 10.6. The van der Waals surface area contributed by atoms with Gasteiger partial charge in [-0.05, 0) is 80.1 Å². The molecule has 1 amide bonds. The number of anilines is 2. The van der Waals surface area contributed by atoms with Gasteiger partial charge in [0.05, 0.1) is 12.5 Å². The van der Waals surface area contributed by atoms with E-state index in [1.54, 1.807) is 12.1 Å². The van der Waals surface area contributed by atoms with E-state index in [1.807, 2.05) is 0 Å². The van der Waals surface area contributed by atoms with Crippen molar-refractivity contribution in [3.8, 4) is 5.75 Å². The number of hydrogen-bond acceptors (Lipinski definition) is 6. The summed E-state index contributed by atoms with van der Waals surface area (Å²) in [5.74, 6) is -3.20. The smallest absolute Gasteiger partial charge is 0.490 e. The van der Waals surface area contributed by atoms with Crippen molar-refractivity contribution in [3.05, 3.63) is 47.3 Å². The third kappa shape index (κ3) is 5.66. The van der Waals surface area contributed by atoms with Gasteiger partial charge in [-0.15, -0.1) is 0 Å². The van der Waals surface area contributed by atoms with Gasteiger partial charge in [-0.2, -0.15) is 13.2 Å². The van der Waals surface area contributed by atoms with Gasteiger partial charge in [-0.1, -0.05) is 6.42 Å². The van der Waals surface area contributed by atoms with E-state index in [-0.39, 0.29) is 17.6 Å². The maximum atomic E-state index is 14.5. The summed E-state index contributed by atoms with van der Waals surface area (Å²) in [7, 11) is -2.78. The van der Waals surface area contributed by atoms with Gasteiger partial charge in [0.15, 0.2) is 0 Å². The molecular formula is C25H27F4N3O6S. The molecule has 1 spiro atoms. The highest BCUT2D eigenvalue weighted by molar-refractivity contribution is 7.92. The predicted molar refractivity (Wildman–Crippen MR) is 133 cm³/mol. The largest absolute Gasteiger partial charge is 0.497 e. The van der Waals surface area contributed by atoms with Crippen LogP contribution in [0.25, 0.3) is 0 Å². The Labute approximate surface area is 222 Å². The Morgan fingerprint density at radius 1 is 1.15 bits per heavy atom. The highest BCUT2D eigenvalue weighted by Gasteiger charge is 2.52. The molecule has 3 aliphatic rings. The predicted octanol–water partition coefficient (Wildman–Crippen LogP) is 4.11. The number of nitrogens with one attached hydrogen (secondary N) is 3. The van der Waals surface area contributed by atoms with E-state index in [2.05, 4.69) is 15.4 Å². The zero-order valence-electron chi connectivity index (χ0n) is 20.8. The number of halogens is 4. The van der Waals surface area contributed by atoms with E-state index in [0.717, 1.165) is 68.1 Å². The Hall–Kier alpha value is -3.39. The number of amides is 1. The van der Waals surface area contributed by atoms with Crippen molar-refractivity contribution < 1.29 is 45.4 Å². The maximum Gasteiger partial charge on any atom is 0.490 e. The highest BCUT2D eigenvalue weighted by atomic mass is 32.2. The number of fused-ring (bicyclic) bond motifs is 2. The monoisotopic (exact) mass is 573 g/mol. The molecule has 5 rings (SSSR count). The number of carbonyl (C=O) groups is 2. The lowest BCUT2D eigenvalue weighted by Crippen LogP contribution is -2.40. The van der Waals surface area contributed by atoms with Gasteiger partial charge < -0.3 is 20.5 Å². The lowest BCUT2D eigenvalue weighted by Gasteiger charge is -2.36. The minimum Gasteiger partial charge on any atom is -0.497 e. The van der Waals surface area contributed by atoms with Gasteiger partial charge in [0.1, 0.15) is 16.5 Å². The zero-order chi connectivity index (χ0) is 28.6. The van der Waals surface area contributed by atoms with Gasteiger partial charge in [0, 0.05) is 17.4 Å². The molecule has 9 nitrogen and oxygen atoms in total. The van der Waals surface area contributed by atoms with Gasteiger partial charge in [-0.3, -0.25) is 9.52 Å². The first-order valence-electron chi connectivity index (χ1n) is 12.2. The van der Waals surface area contributed by atoms with Crippen LogP contribution in [0.1, 0.15) is 49.1 Å². The Morgan fingerprint density at radius 2 is 1.79 bits per heavy atom. The Balaban J connectivity index is 0.000000448. The summed E-state index contributed by atoms with van der Waals surface area (Å²) in [6, 6.07) is 7.19. The molecule has 4 N–H and O–H groups in total. The Kier molecular flexibility index (Phi) is 7.81. The quantitative estimate of drug-likeness (QED) is 0.396. The SMILES string of the molecule is COc1ccc(S(=O)(=O)Nc2cc(C3CCNCC3)c3c(c2)C2(CCC2)C(=O)N3)c(F)c1.O=C(O)C(F)(F)F. The molecule has 2 aromatic carbocycles. The lowest BCUT2D eigenvalue weighted by molar-refractivity contribution is -0.192. The summed E-state index contributed by atoms with van der Waals surface area (Å²) in [4.78, 5) is 21.3. The number of carbonyl (C=O) groups excluding carboxylic acids is 1. The zero-order valence-corrected chi connectivity index (χ0v) is 21.6. The minimum atomic E-state index is -5.08. The fraction of sp³-hybridized carbons (Fsp3) is 0.440. The van der Waals surface area contributed by atoms with Crippen molar-refractivity contribution in [3.63, 3.8) is 0 Å². The highest BCUT2D eigenvalue weighted by Crippen LogP contribution is 2.54. The van der Waals surface area contributed by atoms with Gasteiger partial charge in [0.25, 0.3) is 10.0 Å². The average molecular weight is 574 g/mol. The Bertz CT molecular complexity index is 1390. The van der Waals surface area contributed by atoms with Crippen LogP contribution in [0.2, 0.25) is 0 Å². The van der Waals surface area contributed by atoms with Gasteiger partial charge in [0.2, 0.25) is 5.91 Å². The third-order valence-electron chi connectivity index (χ3n) is 7.27. The molecule has 0 bridgehead atoms. The first kappa shape index (κ1) is 28.6. The number of ether oxygens (including phenoxy) is 1. The number of benzene rings is 2. The number of alkyl halides is 3. The number of sulfonamides is 1. The number of piperidine rings is 1. The molecule has 2 heterocycles. The number of carboxylic acids is 1. The summed E-state index contributed by atoms with van der Waals surface area (Å²) in [5.41, 5.74) is 2.42. The minimum absolute atomic E-state index is 0.00450. The van der Waals surface area contributed by atoms with Crippen LogP contribution in [-0.2, 0) is 25.0 Å². The van der Waals surface area contributed by atoms with Crippen LogP contribution in [0, 0.1) is 5.82 Å². The van der Waals surface area contributed by atoms with E-state index >= 15 is 0 Å². The van der Waals surface area contributed by atoms with Gasteiger partial charge >= 0.3 is 12.1 Å². The van der Waals surface area contributed by atoms with E-state index in [1.165, 1.54) is 19.2 Å². The van der Waals surface area contributed by atoms with E-state index in [4.69, 9.17) is 14.6 Å². The van der Waals surface area contributed by atoms with Crippen LogP contribution in [0.5, 0.6) is 5.75 Å². The normalized spacial score (nSPS) is 18.3. The summed E-state index contributed by atoms with van der Waals surface area (Å²) in [6.07, 6.45) is -0.818. The molecule has 2 fully saturated rings. The molecule has 0 unspecified atom stereocenters. The fourth-order valence-corrected chi connectivity index (χ4v) is 6.22. The molecule has 2 aliphatic heterocycles. The molecule has 212 valence electrons. The molecule has 39 heavy (non-hydrogen) atoms. The van der Waals surface area contributed by atoms with Crippen LogP contribution < -0.4 is 20.1 Å². The van der Waals surface area contributed by atoms with Crippen LogP contribution in [-0.4, -0.2) is 51.8 Å². The van der Waals surface area contributed by atoms with Crippen LogP contribution >= 0.6 is 0 Å². The molecule has 1 saturated heterocycles.